The first-order valence-corrected chi connectivity index (χ1v) is 9.27. The molecule has 0 bridgehead atoms. The van der Waals surface area contributed by atoms with Crippen LogP contribution in [-0.4, -0.2) is 36.9 Å². The van der Waals surface area contributed by atoms with Crippen LogP contribution in [0, 0.1) is 0 Å². The highest BCUT2D eigenvalue weighted by Gasteiger charge is 2.19. The van der Waals surface area contributed by atoms with E-state index < -0.39 is 0 Å². The van der Waals surface area contributed by atoms with E-state index in [-0.39, 0.29) is 23.7 Å². The molecule has 1 aliphatic rings. The Morgan fingerprint density at radius 1 is 1.12 bits per heavy atom. The van der Waals surface area contributed by atoms with E-state index in [4.69, 9.17) is 4.74 Å². The minimum Gasteiger partial charge on any atom is -0.376 e. The summed E-state index contributed by atoms with van der Waals surface area (Å²) in [6, 6.07) is 10.1. The number of amides is 2. The molecule has 0 spiro atoms. The first-order valence-electron chi connectivity index (χ1n) is 8.45. The smallest absolute Gasteiger partial charge is 0.265 e. The molecular formula is C19H20N2O4S. The van der Waals surface area contributed by atoms with Gasteiger partial charge in [0.1, 0.15) is 0 Å². The summed E-state index contributed by atoms with van der Waals surface area (Å²) in [5.74, 6) is -0.683. The predicted octanol–water partition coefficient (Wildman–Crippen LogP) is 3.11. The van der Waals surface area contributed by atoms with Crippen molar-refractivity contribution in [1.82, 2.24) is 5.32 Å². The van der Waals surface area contributed by atoms with Gasteiger partial charge in [-0.2, -0.15) is 0 Å². The van der Waals surface area contributed by atoms with Crippen LogP contribution in [-0.2, 0) is 4.74 Å². The fraction of sp³-hybridized carbons (Fsp3) is 0.316. The molecule has 136 valence electrons. The largest absolute Gasteiger partial charge is 0.376 e. The number of benzene rings is 1. The quantitative estimate of drug-likeness (QED) is 0.763. The highest BCUT2D eigenvalue weighted by molar-refractivity contribution is 7.16. The van der Waals surface area contributed by atoms with Crippen LogP contribution >= 0.6 is 11.3 Å². The molecule has 0 aliphatic carbocycles. The number of anilines is 1. The lowest BCUT2D eigenvalue weighted by Crippen LogP contribution is -2.32. The maximum Gasteiger partial charge on any atom is 0.265 e. The summed E-state index contributed by atoms with van der Waals surface area (Å²) in [6.07, 6.45) is 2.00. The van der Waals surface area contributed by atoms with Crippen LogP contribution in [0.15, 0.2) is 36.4 Å². The zero-order valence-corrected chi connectivity index (χ0v) is 15.2. The van der Waals surface area contributed by atoms with Crippen LogP contribution < -0.4 is 10.6 Å². The molecule has 1 atom stereocenters. The van der Waals surface area contributed by atoms with Gasteiger partial charge >= 0.3 is 0 Å². The molecule has 1 aromatic carbocycles. The lowest BCUT2D eigenvalue weighted by molar-refractivity contribution is 0.0858. The average Bonchev–Trinajstić information content (AvgIpc) is 3.32. The molecular weight excluding hydrogens is 352 g/mol. The topological polar surface area (TPSA) is 84.5 Å². The van der Waals surface area contributed by atoms with Crippen LogP contribution in [0.5, 0.6) is 0 Å². The van der Waals surface area contributed by atoms with E-state index in [1.54, 1.807) is 36.4 Å². The number of rotatable bonds is 6. The average molecular weight is 372 g/mol. The van der Waals surface area contributed by atoms with Crippen LogP contribution in [0.2, 0.25) is 0 Å². The summed E-state index contributed by atoms with van der Waals surface area (Å²) in [6.45, 7) is 2.64. The number of hydrogen-bond acceptors (Lipinski definition) is 5. The van der Waals surface area contributed by atoms with Crippen molar-refractivity contribution >= 4 is 34.6 Å². The van der Waals surface area contributed by atoms with Crippen molar-refractivity contribution in [3.8, 4) is 0 Å². The van der Waals surface area contributed by atoms with Crippen molar-refractivity contribution in [3.63, 3.8) is 0 Å². The second kappa shape index (κ2) is 8.25. The molecule has 6 nitrogen and oxygen atoms in total. The third kappa shape index (κ3) is 4.36. The summed E-state index contributed by atoms with van der Waals surface area (Å²) < 4.78 is 5.50. The Hall–Kier alpha value is -2.51. The normalized spacial score (nSPS) is 16.3. The molecule has 1 saturated heterocycles. The molecule has 0 unspecified atom stereocenters. The molecule has 3 rings (SSSR count). The minimum atomic E-state index is -0.345. The van der Waals surface area contributed by atoms with Crippen molar-refractivity contribution in [3.05, 3.63) is 51.7 Å². The Morgan fingerprint density at radius 2 is 1.88 bits per heavy atom. The molecule has 2 aromatic rings. The summed E-state index contributed by atoms with van der Waals surface area (Å²) in [5.41, 5.74) is 0.822. The van der Waals surface area contributed by atoms with Gasteiger partial charge in [0.2, 0.25) is 0 Å². The summed E-state index contributed by atoms with van der Waals surface area (Å²) >= 11 is 1.13. The SMILES string of the molecule is CC(=O)c1ccc(C(=O)Nc2ccccc2C(=O)NC[C@@H]2CCCO2)s1. The van der Waals surface area contributed by atoms with Gasteiger partial charge in [0.05, 0.1) is 27.1 Å². The molecule has 26 heavy (non-hydrogen) atoms. The van der Waals surface area contributed by atoms with Crippen LogP contribution in [0.25, 0.3) is 0 Å². The lowest BCUT2D eigenvalue weighted by Gasteiger charge is -2.13. The molecule has 2 heterocycles. The number of ether oxygens (including phenoxy) is 1. The standard InChI is InChI=1S/C19H20N2O4S/c1-12(22)16-8-9-17(26-16)19(24)21-15-7-3-2-6-14(15)18(23)20-11-13-5-4-10-25-13/h2-3,6-9,13H,4-5,10-11H2,1H3,(H,20,23)(H,21,24)/t13-/m0/s1. The van der Waals surface area contributed by atoms with E-state index in [0.717, 1.165) is 30.8 Å². The number of Topliss-reactive ketones (excluding diaryl/α,β-unsaturated/α-hetero) is 1. The fourth-order valence-electron chi connectivity index (χ4n) is 2.73. The van der Waals surface area contributed by atoms with Crippen molar-refractivity contribution in [2.24, 2.45) is 0 Å². The zero-order valence-electron chi connectivity index (χ0n) is 14.4. The van der Waals surface area contributed by atoms with Gasteiger partial charge in [-0.3, -0.25) is 14.4 Å². The van der Waals surface area contributed by atoms with E-state index in [1.807, 2.05) is 0 Å². The highest BCUT2D eigenvalue weighted by atomic mass is 32.1. The van der Waals surface area contributed by atoms with Gasteiger partial charge in [-0.25, -0.2) is 0 Å². The fourth-order valence-corrected chi connectivity index (χ4v) is 3.53. The van der Waals surface area contributed by atoms with Crippen molar-refractivity contribution < 1.29 is 19.1 Å². The van der Waals surface area contributed by atoms with Gasteiger partial charge in [0.25, 0.3) is 11.8 Å². The van der Waals surface area contributed by atoms with Gasteiger partial charge in [0, 0.05) is 13.2 Å². The highest BCUT2D eigenvalue weighted by Crippen LogP contribution is 2.21. The maximum absolute atomic E-state index is 12.5. The Bertz CT molecular complexity index is 824. The van der Waals surface area contributed by atoms with E-state index in [9.17, 15) is 14.4 Å². The number of nitrogens with one attached hydrogen (secondary N) is 2. The van der Waals surface area contributed by atoms with Crippen LogP contribution in [0.1, 0.15) is 49.5 Å². The monoisotopic (exact) mass is 372 g/mol. The van der Waals surface area contributed by atoms with E-state index >= 15 is 0 Å². The molecule has 7 heteroatoms. The molecule has 2 N–H and O–H groups in total. The van der Waals surface area contributed by atoms with Crippen molar-refractivity contribution in [2.45, 2.75) is 25.9 Å². The third-order valence-corrected chi connectivity index (χ3v) is 5.30. The molecule has 1 aromatic heterocycles. The summed E-state index contributed by atoms with van der Waals surface area (Å²) in [7, 11) is 0. The van der Waals surface area contributed by atoms with Crippen molar-refractivity contribution in [1.29, 1.82) is 0 Å². The third-order valence-electron chi connectivity index (χ3n) is 4.11. The summed E-state index contributed by atoms with van der Waals surface area (Å²) in [5, 5.41) is 5.61. The number of carbonyl (C=O) groups is 3. The first kappa shape index (κ1) is 18.3. The van der Waals surface area contributed by atoms with Gasteiger partial charge in [-0.1, -0.05) is 12.1 Å². The van der Waals surface area contributed by atoms with E-state index in [2.05, 4.69) is 10.6 Å². The van der Waals surface area contributed by atoms with Crippen LogP contribution in [0.3, 0.4) is 0 Å². The van der Waals surface area contributed by atoms with E-state index in [1.165, 1.54) is 6.92 Å². The lowest BCUT2D eigenvalue weighted by atomic mass is 10.1. The second-order valence-electron chi connectivity index (χ2n) is 6.06. The molecule has 1 aliphatic heterocycles. The number of para-hydroxylation sites is 1. The number of thiophene rings is 1. The van der Waals surface area contributed by atoms with E-state index in [0.29, 0.717) is 27.5 Å². The van der Waals surface area contributed by atoms with Gasteiger partial charge in [0.15, 0.2) is 5.78 Å². The molecule has 0 saturated carbocycles. The first-order chi connectivity index (χ1) is 12.5. The second-order valence-corrected chi connectivity index (χ2v) is 7.15. The van der Waals surface area contributed by atoms with Crippen LogP contribution in [0.4, 0.5) is 5.69 Å². The number of carbonyl (C=O) groups excluding carboxylic acids is 3. The van der Waals surface area contributed by atoms with Crippen molar-refractivity contribution in [2.75, 3.05) is 18.5 Å². The number of hydrogen-bond donors (Lipinski definition) is 2. The Balaban J connectivity index is 1.68. The Morgan fingerprint density at radius 3 is 2.58 bits per heavy atom. The maximum atomic E-state index is 12.5. The Kier molecular flexibility index (Phi) is 5.80. The van der Waals surface area contributed by atoms with Gasteiger partial charge in [-0.05, 0) is 44.0 Å². The van der Waals surface area contributed by atoms with Gasteiger partial charge < -0.3 is 15.4 Å². The zero-order chi connectivity index (χ0) is 18.5. The summed E-state index contributed by atoms with van der Waals surface area (Å²) in [4.78, 5) is 37.2. The molecule has 2 amide bonds. The minimum absolute atomic E-state index is 0.0526. The molecule has 1 fully saturated rings. The molecule has 0 radical (unpaired) electrons. The van der Waals surface area contributed by atoms with Gasteiger partial charge in [-0.15, -0.1) is 11.3 Å². The Labute approximate surface area is 155 Å². The number of ketones is 1. The predicted molar refractivity (Wildman–Crippen MR) is 100 cm³/mol.